The first-order valence-corrected chi connectivity index (χ1v) is 9.50. The molecule has 0 fully saturated rings. The minimum Gasteiger partial charge on any atom is -0.494 e. The van der Waals surface area contributed by atoms with Gasteiger partial charge in [0.1, 0.15) is 11.3 Å². The Morgan fingerprint density at radius 1 is 1.17 bits per heavy atom. The SMILES string of the molecule is CCCOc1ccc(-c2nonc2NC(=O)c2oc3ccc(Cl)cc3c2C)cc1. The highest BCUT2D eigenvalue weighted by atomic mass is 35.5. The molecule has 0 atom stereocenters. The van der Waals surface area contributed by atoms with Gasteiger partial charge in [-0.25, -0.2) is 4.63 Å². The van der Waals surface area contributed by atoms with Crippen LogP contribution in [0.25, 0.3) is 22.2 Å². The van der Waals surface area contributed by atoms with Crippen LogP contribution in [-0.4, -0.2) is 22.8 Å². The summed E-state index contributed by atoms with van der Waals surface area (Å²) in [5.41, 5.74) is 2.42. The van der Waals surface area contributed by atoms with E-state index in [-0.39, 0.29) is 11.6 Å². The first kappa shape index (κ1) is 19.0. The second kappa shape index (κ2) is 7.97. The third kappa shape index (κ3) is 3.82. The molecular formula is C21H18ClN3O4. The summed E-state index contributed by atoms with van der Waals surface area (Å²) in [6.45, 7) is 4.49. The van der Waals surface area contributed by atoms with Gasteiger partial charge in [0.2, 0.25) is 5.82 Å². The first-order chi connectivity index (χ1) is 14.1. The second-order valence-electron chi connectivity index (χ2n) is 6.49. The van der Waals surface area contributed by atoms with Crippen molar-refractivity contribution in [3.63, 3.8) is 0 Å². The zero-order valence-electron chi connectivity index (χ0n) is 15.9. The smallest absolute Gasteiger partial charge is 0.292 e. The Labute approximate surface area is 171 Å². The van der Waals surface area contributed by atoms with Crippen LogP contribution in [0, 0.1) is 6.92 Å². The Morgan fingerprint density at radius 3 is 2.72 bits per heavy atom. The van der Waals surface area contributed by atoms with Gasteiger partial charge in [-0.3, -0.25) is 10.1 Å². The fraction of sp³-hybridized carbons (Fsp3) is 0.190. The van der Waals surface area contributed by atoms with Crippen molar-refractivity contribution in [3.05, 3.63) is 58.8 Å². The average Bonchev–Trinajstić information content (AvgIpc) is 3.31. The van der Waals surface area contributed by atoms with Crippen molar-refractivity contribution in [2.24, 2.45) is 0 Å². The zero-order valence-corrected chi connectivity index (χ0v) is 16.6. The molecule has 2 aromatic heterocycles. The lowest BCUT2D eigenvalue weighted by molar-refractivity contribution is 0.0997. The summed E-state index contributed by atoms with van der Waals surface area (Å²) in [5.74, 6) is 0.693. The number of ether oxygens (including phenoxy) is 1. The van der Waals surface area contributed by atoms with Crippen molar-refractivity contribution in [2.75, 3.05) is 11.9 Å². The molecule has 2 aromatic carbocycles. The minimum atomic E-state index is -0.449. The largest absolute Gasteiger partial charge is 0.494 e. The molecule has 4 rings (SSSR count). The van der Waals surface area contributed by atoms with Gasteiger partial charge in [-0.15, -0.1) is 0 Å². The van der Waals surface area contributed by atoms with Gasteiger partial charge < -0.3 is 9.15 Å². The Morgan fingerprint density at radius 2 is 1.97 bits per heavy atom. The van der Waals surface area contributed by atoms with E-state index in [1.807, 2.05) is 31.2 Å². The predicted octanol–water partition coefficient (Wildman–Crippen LogP) is 5.49. The number of aryl methyl sites for hydroxylation is 1. The third-order valence-electron chi connectivity index (χ3n) is 4.43. The Bertz CT molecular complexity index is 1160. The number of fused-ring (bicyclic) bond motifs is 1. The molecule has 0 unspecified atom stereocenters. The molecule has 2 heterocycles. The summed E-state index contributed by atoms with van der Waals surface area (Å²) < 4.78 is 16.1. The van der Waals surface area contributed by atoms with Crippen LogP contribution >= 0.6 is 11.6 Å². The van der Waals surface area contributed by atoms with E-state index in [2.05, 4.69) is 15.6 Å². The normalized spacial score (nSPS) is 11.0. The Balaban J connectivity index is 1.58. The Kier molecular flexibility index (Phi) is 5.22. The van der Waals surface area contributed by atoms with Gasteiger partial charge in [-0.1, -0.05) is 18.5 Å². The number of carbonyl (C=O) groups excluding carboxylic acids is 1. The average molecular weight is 412 g/mol. The van der Waals surface area contributed by atoms with E-state index < -0.39 is 5.91 Å². The second-order valence-corrected chi connectivity index (χ2v) is 6.92. The lowest BCUT2D eigenvalue weighted by Crippen LogP contribution is -2.13. The number of furan rings is 1. The quantitative estimate of drug-likeness (QED) is 0.451. The number of carbonyl (C=O) groups is 1. The van der Waals surface area contributed by atoms with Gasteiger partial charge in [0.25, 0.3) is 5.91 Å². The van der Waals surface area contributed by atoms with Crippen LogP contribution in [0.2, 0.25) is 5.02 Å². The number of rotatable bonds is 6. The molecule has 0 saturated carbocycles. The molecule has 0 saturated heterocycles. The molecule has 7 nitrogen and oxygen atoms in total. The standard InChI is InChI=1S/C21H18ClN3O4/c1-3-10-27-15-7-4-13(5-8-15)18-20(25-29-24-18)23-21(26)19-12(2)16-11-14(22)6-9-17(16)28-19/h4-9,11H,3,10H2,1-2H3,(H,23,25,26). The van der Waals surface area contributed by atoms with Gasteiger partial charge in [-0.2, -0.15) is 0 Å². The van der Waals surface area contributed by atoms with Crippen LogP contribution in [0.3, 0.4) is 0 Å². The lowest BCUT2D eigenvalue weighted by Gasteiger charge is -2.05. The molecule has 29 heavy (non-hydrogen) atoms. The number of aromatic nitrogens is 2. The van der Waals surface area contributed by atoms with Crippen molar-refractivity contribution in [2.45, 2.75) is 20.3 Å². The van der Waals surface area contributed by atoms with Crippen LogP contribution in [0.15, 0.2) is 51.5 Å². The number of anilines is 1. The fourth-order valence-corrected chi connectivity index (χ4v) is 3.14. The molecule has 0 bridgehead atoms. The molecular weight excluding hydrogens is 394 g/mol. The van der Waals surface area contributed by atoms with Crippen LogP contribution in [0.5, 0.6) is 5.75 Å². The minimum absolute atomic E-state index is 0.180. The molecule has 0 aliphatic rings. The van der Waals surface area contributed by atoms with Crippen molar-refractivity contribution in [3.8, 4) is 17.0 Å². The molecule has 0 aliphatic heterocycles. The number of nitrogens with zero attached hydrogens (tertiary/aromatic N) is 2. The molecule has 8 heteroatoms. The van der Waals surface area contributed by atoms with E-state index in [4.69, 9.17) is 25.4 Å². The lowest BCUT2D eigenvalue weighted by atomic mass is 10.1. The van der Waals surface area contributed by atoms with Crippen LogP contribution in [0.4, 0.5) is 5.82 Å². The number of halogens is 1. The maximum Gasteiger partial charge on any atom is 0.292 e. The first-order valence-electron chi connectivity index (χ1n) is 9.12. The molecule has 148 valence electrons. The van der Waals surface area contributed by atoms with Gasteiger partial charge in [0.15, 0.2) is 11.5 Å². The van der Waals surface area contributed by atoms with Crippen LogP contribution in [-0.2, 0) is 0 Å². The zero-order chi connectivity index (χ0) is 20.4. The molecule has 1 N–H and O–H groups in total. The van der Waals surface area contributed by atoms with Gasteiger partial charge >= 0.3 is 0 Å². The predicted molar refractivity (Wildman–Crippen MR) is 109 cm³/mol. The van der Waals surface area contributed by atoms with Crippen molar-refractivity contribution in [1.29, 1.82) is 0 Å². The van der Waals surface area contributed by atoms with Gasteiger partial charge in [0.05, 0.1) is 6.61 Å². The number of amides is 1. The third-order valence-corrected chi connectivity index (χ3v) is 4.66. The monoisotopic (exact) mass is 411 g/mol. The number of benzene rings is 2. The van der Waals surface area contributed by atoms with E-state index in [9.17, 15) is 4.79 Å². The van der Waals surface area contributed by atoms with E-state index in [0.717, 1.165) is 23.1 Å². The maximum atomic E-state index is 12.8. The summed E-state index contributed by atoms with van der Waals surface area (Å²) in [6, 6.07) is 12.5. The highest BCUT2D eigenvalue weighted by molar-refractivity contribution is 6.31. The van der Waals surface area contributed by atoms with Crippen molar-refractivity contribution in [1.82, 2.24) is 10.3 Å². The summed E-state index contributed by atoms with van der Waals surface area (Å²) in [4.78, 5) is 12.8. The van der Waals surface area contributed by atoms with E-state index in [0.29, 0.717) is 28.5 Å². The van der Waals surface area contributed by atoms with Crippen LogP contribution in [0.1, 0.15) is 29.5 Å². The molecule has 0 radical (unpaired) electrons. The Hall–Kier alpha value is -3.32. The summed E-state index contributed by atoms with van der Waals surface area (Å²) in [5, 5.41) is 11.8. The summed E-state index contributed by atoms with van der Waals surface area (Å²) in [6.07, 6.45) is 0.929. The fourth-order valence-electron chi connectivity index (χ4n) is 2.96. The topological polar surface area (TPSA) is 90.4 Å². The van der Waals surface area contributed by atoms with Crippen molar-refractivity contribution < 1.29 is 18.6 Å². The summed E-state index contributed by atoms with van der Waals surface area (Å²) >= 11 is 6.04. The molecule has 0 spiro atoms. The molecule has 4 aromatic rings. The summed E-state index contributed by atoms with van der Waals surface area (Å²) in [7, 11) is 0. The number of hydrogen-bond acceptors (Lipinski definition) is 6. The number of hydrogen-bond donors (Lipinski definition) is 1. The highest BCUT2D eigenvalue weighted by Crippen LogP contribution is 2.30. The molecule has 0 aliphatic carbocycles. The van der Waals surface area contributed by atoms with E-state index >= 15 is 0 Å². The van der Waals surface area contributed by atoms with Gasteiger partial charge in [-0.05, 0) is 66.1 Å². The van der Waals surface area contributed by atoms with Crippen molar-refractivity contribution >= 4 is 34.3 Å². The van der Waals surface area contributed by atoms with E-state index in [1.54, 1.807) is 25.1 Å². The number of nitrogens with one attached hydrogen (secondary N) is 1. The molecule has 1 amide bonds. The van der Waals surface area contributed by atoms with E-state index in [1.165, 1.54) is 0 Å². The van der Waals surface area contributed by atoms with Crippen LogP contribution < -0.4 is 10.1 Å². The van der Waals surface area contributed by atoms with Gasteiger partial charge in [0, 0.05) is 21.5 Å². The maximum absolute atomic E-state index is 12.8. The highest BCUT2D eigenvalue weighted by Gasteiger charge is 2.21.